The molecular formula is C12H17N3O3. The van der Waals surface area contributed by atoms with Crippen LogP contribution < -0.4 is 0 Å². The van der Waals surface area contributed by atoms with Crippen molar-refractivity contribution in [3.63, 3.8) is 0 Å². The smallest absolute Gasteiger partial charge is 0.400 e. The van der Waals surface area contributed by atoms with Crippen molar-refractivity contribution < 1.29 is 9.34 Å². The van der Waals surface area contributed by atoms with Crippen molar-refractivity contribution in [2.75, 3.05) is 0 Å². The zero-order chi connectivity index (χ0) is 13.1. The van der Waals surface area contributed by atoms with Crippen molar-refractivity contribution in [1.29, 1.82) is 0 Å². The molecule has 0 N–H and O–H groups in total. The maximum absolute atomic E-state index is 10.5. The summed E-state index contributed by atoms with van der Waals surface area (Å²) in [5, 5.41) is 16.9. The van der Waals surface area contributed by atoms with Gasteiger partial charge >= 0.3 is 5.88 Å². The van der Waals surface area contributed by atoms with Crippen LogP contribution in [0.2, 0.25) is 0 Å². The second kappa shape index (κ2) is 5.20. The van der Waals surface area contributed by atoms with Crippen LogP contribution in [-0.2, 0) is 0 Å². The Kier molecular flexibility index (Phi) is 3.64. The van der Waals surface area contributed by atoms with Crippen LogP contribution >= 0.6 is 0 Å². The van der Waals surface area contributed by atoms with Gasteiger partial charge in [0.25, 0.3) is 0 Å². The second-order valence-corrected chi connectivity index (χ2v) is 4.69. The normalized spacial score (nSPS) is 24.7. The first-order valence-corrected chi connectivity index (χ1v) is 6.14. The van der Waals surface area contributed by atoms with Gasteiger partial charge in [-0.2, -0.15) is 5.10 Å². The third-order valence-corrected chi connectivity index (χ3v) is 3.26. The van der Waals surface area contributed by atoms with Crippen molar-refractivity contribution in [2.45, 2.75) is 45.2 Å². The molecule has 1 aliphatic rings. The molecule has 2 rings (SSSR count). The van der Waals surface area contributed by atoms with Crippen LogP contribution in [0.1, 0.15) is 38.9 Å². The molecule has 0 aromatic carbocycles. The van der Waals surface area contributed by atoms with E-state index < -0.39 is 4.92 Å². The highest BCUT2D eigenvalue weighted by Gasteiger charge is 2.22. The maximum atomic E-state index is 10.5. The molecule has 1 aromatic heterocycles. The summed E-state index contributed by atoms with van der Waals surface area (Å²) in [5.41, 5.74) is 0. The molecule has 0 radical (unpaired) electrons. The molecule has 18 heavy (non-hydrogen) atoms. The predicted octanol–water partition coefficient (Wildman–Crippen LogP) is 2.78. The molecule has 1 fully saturated rings. The highest BCUT2D eigenvalue weighted by Crippen LogP contribution is 2.22. The first-order chi connectivity index (χ1) is 8.58. The second-order valence-electron chi connectivity index (χ2n) is 4.69. The van der Waals surface area contributed by atoms with Crippen molar-refractivity contribution in [2.24, 2.45) is 5.10 Å². The van der Waals surface area contributed by atoms with Crippen molar-refractivity contribution >= 4 is 12.1 Å². The Morgan fingerprint density at radius 3 is 2.67 bits per heavy atom. The number of piperidine rings is 1. The minimum Gasteiger partial charge on any atom is -0.400 e. The fraction of sp³-hybridized carbons (Fsp3) is 0.583. The molecule has 1 aliphatic heterocycles. The number of rotatable bonds is 3. The fourth-order valence-electron chi connectivity index (χ4n) is 2.27. The van der Waals surface area contributed by atoms with E-state index in [2.05, 4.69) is 18.9 Å². The van der Waals surface area contributed by atoms with Gasteiger partial charge in [0.05, 0.1) is 12.3 Å². The maximum Gasteiger partial charge on any atom is 0.433 e. The zero-order valence-electron chi connectivity index (χ0n) is 10.6. The summed E-state index contributed by atoms with van der Waals surface area (Å²) >= 11 is 0. The lowest BCUT2D eigenvalue weighted by atomic mass is 10.00. The molecular weight excluding hydrogens is 234 g/mol. The zero-order valence-corrected chi connectivity index (χ0v) is 10.6. The van der Waals surface area contributed by atoms with Gasteiger partial charge in [0.15, 0.2) is 5.76 Å². The Hall–Kier alpha value is -1.85. The predicted molar refractivity (Wildman–Crippen MR) is 67.6 cm³/mol. The van der Waals surface area contributed by atoms with Crippen LogP contribution in [-0.4, -0.2) is 28.2 Å². The van der Waals surface area contributed by atoms with Crippen LogP contribution in [0.5, 0.6) is 0 Å². The minimum absolute atomic E-state index is 0.254. The lowest BCUT2D eigenvalue weighted by molar-refractivity contribution is -0.402. The van der Waals surface area contributed by atoms with Crippen LogP contribution in [0.15, 0.2) is 21.7 Å². The van der Waals surface area contributed by atoms with Gasteiger partial charge < -0.3 is 4.42 Å². The minimum atomic E-state index is -0.552. The van der Waals surface area contributed by atoms with Gasteiger partial charge in [0.1, 0.15) is 4.92 Å². The van der Waals surface area contributed by atoms with E-state index in [1.54, 1.807) is 12.3 Å². The van der Waals surface area contributed by atoms with E-state index >= 15 is 0 Å². The molecule has 0 spiro atoms. The summed E-state index contributed by atoms with van der Waals surface area (Å²) in [6.07, 6.45) is 5.02. The third-order valence-electron chi connectivity index (χ3n) is 3.26. The summed E-state index contributed by atoms with van der Waals surface area (Å²) < 4.78 is 5.03. The fourth-order valence-corrected chi connectivity index (χ4v) is 2.27. The largest absolute Gasteiger partial charge is 0.433 e. The highest BCUT2D eigenvalue weighted by molar-refractivity contribution is 5.76. The highest BCUT2D eigenvalue weighted by atomic mass is 16.6. The van der Waals surface area contributed by atoms with E-state index in [0.29, 0.717) is 17.8 Å². The first kappa shape index (κ1) is 12.6. The van der Waals surface area contributed by atoms with Gasteiger partial charge in [0.2, 0.25) is 0 Å². The Morgan fingerprint density at radius 1 is 1.44 bits per heavy atom. The summed E-state index contributed by atoms with van der Waals surface area (Å²) in [6.45, 7) is 4.27. The molecule has 0 saturated carbocycles. The number of hydrazone groups is 1. The number of furan rings is 1. The average Bonchev–Trinajstić information content (AvgIpc) is 2.77. The van der Waals surface area contributed by atoms with E-state index in [9.17, 15) is 10.1 Å². The van der Waals surface area contributed by atoms with Gasteiger partial charge in [-0.1, -0.05) is 0 Å². The van der Waals surface area contributed by atoms with Gasteiger partial charge in [-0.3, -0.25) is 15.1 Å². The van der Waals surface area contributed by atoms with Crippen LogP contribution in [0, 0.1) is 10.1 Å². The van der Waals surface area contributed by atoms with E-state index in [-0.39, 0.29) is 5.88 Å². The molecule has 6 heteroatoms. The van der Waals surface area contributed by atoms with Gasteiger partial charge in [-0.05, 0) is 39.2 Å². The topological polar surface area (TPSA) is 71.9 Å². The Morgan fingerprint density at radius 2 is 2.11 bits per heavy atom. The van der Waals surface area contributed by atoms with Crippen molar-refractivity contribution in [3.05, 3.63) is 28.0 Å². The van der Waals surface area contributed by atoms with Gasteiger partial charge in [0, 0.05) is 12.1 Å². The monoisotopic (exact) mass is 251 g/mol. The molecule has 0 aliphatic carbocycles. The molecule has 0 bridgehead atoms. The average molecular weight is 251 g/mol. The molecule has 6 nitrogen and oxygen atoms in total. The number of nitro groups is 1. The first-order valence-electron chi connectivity index (χ1n) is 6.14. The molecule has 98 valence electrons. The summed E-state index contributed by atoms with van der Waals surface area (Å²) in [4.78, 5) is 9.93. The van der Waals surface area contributed by atoms with Gasteiger partial charge in [-0.25, -0.2) is 0 Å². The summed E-state index contributed by atoms with van der Waals surface area (Å²) in [7, 11) is 0. The molecule has 2 heterocycles. The Balaban J connectivity index is 2.06. The molecule has 1 aromatic rings. The molecule has 2 atom stereocenters. The molecule has 0 amide bonds. The molecule has 2 unspecified atom stereocenters. The standard InChI is InChI=1S/C12H17N3O3/c1-9-4-3-5-10(2)14(9)13-8-11-6-7-12(18-11)15(16)17/h6-10H,3-5H2,1-2H3/b13-8+. The third kappa shape index (κ3) is 2.69. The van der Waals surface area contributed by atoms with E-state index in [0.717, 1.165) is 12.8 Å². The van der Waals surface area contributed by atoms with Gasteiger partial charge in [-0.15, -0.1) is 0 Å². The van der Waals surface area contributed by atoms with Crippen molar-refractivity contribution in [3.8, 4) is 0 Å². The van der Waals surface area contributed by atoms with E-state index in [1.807, 2.05) is 5.01 Å². The van der Waals surface area contributed by atoms with Crippen LogP contribution in [0.25, 0.3) is 0 Å². The lowest BCUT2D eigenvalue weighted by Crippen LogP contribution is -2.39. The lowest BCUT2D eigenvalue weighted by Gasteiger charge is -2.36. The van der Waals surface area contributed by atoms with E-state index in [1.165, 1.54) is 12.5 Å². The Bertz CT molecular complexity index is 445. The van der Waals surface area contributed by atoms with Crippen molar-refractivity contribution in [1.82, 2.24) is 5.01 Å². The number of hydrogen-bond donors (Lipinski definition) is 0. The Labute approximate surface area is 105 Å². The quantitative estimate of drug-likeness (QED) is 0.470. The van der Waals surface area contributed by atoms with E-state index in [4.69, 9.17) is 4.42 Å². The summed E-state index contributed by atoms with van der Waals surface area (Å²) in [6, 6.07) is 3.69. The SMILES string of the molecule is CC1CCCC(C)N1/N=C/c1ccc([N+](=O)[O-])o1. The number of nitrogens with zero attached hydrogens (tertiary/aromatic N) is 3. The number of hydrogen-bond acceptors (Lipinski definition) is 5. The molecule has 1 saturated heterocycles. The van der Waals surface area contributed by atoms with Crippen LogP contribution in [0.4, 0.5) is 5.88 Å². The summed E-state index contributed by atoms with van der Waals surface area (Å²) in [5.74, 6) is 0.155. The van der Waals surface area contributed by atoms with Crippen LogP contribution in [0.3, 0.4) is 0 Å².